The third-order valence-corrected chi connectivity index (χ3v) is 5.26. The first-order chi connectivity index (χ1) is 9.97. The van der Waals surface area contributed by atoms with E-state index in [1.165, 1.54) is 19.3 Å². The van der Waals surface area contributed by atoms with Gasteiger partial charge in [0.15, 0.2) is 0 Å². The van der Waals surface area contributed by atoms with Crippen LogP contribution in [0.15, 0.2) is 0 Å². The first kappa shape index (κ1) is 16.1. The highest BCUT2D eigenvalue weighted by Gasteiger charge is 2.43. The Morgan fingerprint density at radius 2 is 1.86 bits per heavy atom. The fraction of sp³-hybridized carbons (Fsp3) is 0.875. The lowest BCUT2D eigenvalue weighted by Crippen LogP contribution is -2.59. The number of hydrogen-bond donors (Lipinski definition) is 2. The molecule has 0 saturated heterocycles. The quantitative estimate of drug-likeness (QED) is 0.819. The Morgan fingerprint density at radius 3 is 2.29 bits per heavy atom. The van der Waals surface area contributed by atoms with Crippen molar-refractivity contribution in [3.05, 3.63) is 0 Å². The van der Waals surface area contributed by atoms with Crippen LogP contribution in [0.25, 0.3) is 0 Å². The van der Waals surface area contributed by atoms with Gasteiger partial charge < -0.3 is 15.3 Å². The maximum atomic E-state index is 12.5. The molecule has 0 aromatic carbocycles. The van der Waals surface area contributed by atoms with E-state index in [0.717, 1.165) is 19.4 Å². The Morgan fingerprint density at radius 1 is 1.24 bits per heavy atom. The maximum Gasteiger partial charge on any atom is 0.329 e. The van der Waals surface area contributed by atoms with E-state index in [9.17, 15) is 14.7 Å². The molecule has 21 heavy (non-hydrogen) atoms. The standard InChI is InChI=1S/C16H28N2O3/c1-3-18(11-13-5-4-6-13)15(21)17-16(14(19)20)9-7-12(2)8-10-16/h12-13H,3-11H2,1-2H3,(H,17,21)(H,19,20). The highest BCUT2D eigenvalue weighted by atomic mass is 16.4. The molecular formula is C16H28N2O3. The summed E-state index contributed by atoms with van der Waals surface area (Å²) in [6.07, 6.45) is 6.42. The van der Waals surface area contributed by atoms with Gasteiger partial charge in [0.2, 0.25) is 0 Å². The summed E-state index contributed by atoms with van der Waals surface area (Å²) in [6, 6.07) is -0.207. The number of carboxylic acid groups (broad SMARTS) is 1. The van der Waals surface area contributed by atoms with Crippen LogP contribution < -0.4 is 5.32 Å². The van der Waals surface area contributed by atoms with E-state index in [4.69, 9.17) is 0 Å². The van der Waals surface area contributed by atoms with Gasteiger partial charge in [-0.3, -0.25) is 0 Å². The van der Waals surface area contributed by atoms with Crippen molar-refractivity contribution in [1.82, 2.24) is 10.2 Å². The van der Waals surface area contributed by atoms with E-state index in [0.29, 0.717) is 31.2 Å². The first-order valence-electron chi connectivity index (χ1n) is 8.27. The van der Waals surface area contributed by atoms with Crippen LogP contribution in [0.3, 0.4) is 0 Å². The van der Waals surface area contributed by atoms with E-state index in [1.807, 2.05) is 6.92 Å². The van der Waals surface area contributed by atoms with Crippen molar-refractivity contribution in [1.29, 1.82) is 0 Å². The van der Waals surface area contributed by atoms with Crippen molar-refractivity contribution in [3.63, 3.8) is 0 Å². The van der Waals surface area contributed by atoms with Gasteiger partial charge in [-0.15, -0.1) is 0 Å². The lowest BCUT2D eigenvalue weighted by molar-refractivity contribution is -0.146. The summed E-state index contributed by atoms with van der Waals surface area (Å²) in [7, 11) is 0. The average Bonchev–Trinajstić information content (AvgIpc) is 2.40. The van der Waals surface area contributed by atoms with E-state index < -0.39 is 11.5 Å². The van der Waals surface area contributed by atoms with E-state index in [1.54, 1.807) is 4.90 Å². The Hall–Kier alpha value is -1.26. The molecule has 2 saturated carbocycles. The molecule has 0 atom stereocenters. The predicted octanol–water partition coefficient (Wildman–Crippen LogP) is 2.85. The van der Waals surface area contributed by atoms with Crippen LogP contribution in [0.2, 0.25) is 0 Å². The Kier molecular flexibility index (Phi) is 5.12. The number of carboxylic acids is 1. The lowest BCUT2D eigenvalue weighted by Gasteiger charge is -2.39. The van der Waals surface area contributed by atoms with Crippen LogP contribution in [0.4, 0.5) is 4.79 Å². The maximum absolute atomic E-state index is 12.5. The van der Waals surface area contributed by atoms with Gasteiger partial charge in [-0.05, 0) is 57.3 Å². The SMILES string of the molecule is CCN(CC1CCC1)C(=O)NC1(C(=O)O)CCC(C)CC1. The van der Waals surface area contributed by atoms with E-state index in [2.05, 4.69) is 12.2 Å². The molecule has 0 aromatic heterocycles. The second-order valence-corrected chi connectivity index (χ2v) is 6.84. The van der Waals surface area contributed by atoms with E-state index >= 15 is 0 Å². The van der Waals surface area contributed by atoms with Crippen molar-refractivity contribution in [3.8, 4) is 0 Å². The third kappa shape index (κ3) is 3.69. The van der Waals surface area contributed by atoms with Crippen molar-refractivity contribution in [2.75, 3.05) is 13.1 Å². The Bertz CT molecular complexity index is 385. The van der Waals surface area contributed by atoms with Crippen molar-refractivity contribution < 1.29 is 14.7 Å². The number of carbonyl (C=O) groups is 2. The zero-order valence-corrected chi connectivity index (χ0v) is 13.2. The summed E-state index contributed by atoms with van der Waals surface area (Å²) >= 11 is 0. The fourth-order valence-corrected chi connectivity index (χ4v) is 3.27. The molecule has 5 heteroatoms. The van der Waals surface area contributed by atoms with Gasteiger partial charge in [-0.25, -0.2) is 9.59 Å². The van der Waals surface area contributed by atoms with Crippen LogP contribution in [0, 0.1) is 11.8 Å². The molecule has 0 aliphatic heterocycles. The highest BCUT2D eigenvalue weighted by Crippen LogP contribution is 2.33. The van der Waals surface area contributed by atoms with Crippen LogP contribution in [-0.2, 0) is 4.79 Å². The van der Waals surface area contributed by atoms with Crippen molar-refractivity contribution >= 4 is 12.0 Å². The smallest absolute Gasteiger partial charge is 0.329 e. The van der Waals surface area contributed by atoms with Gasteiger partial charge in [0.1, 0.15) is 5.54 Å². The number of nitrogens with zero attached hydrogens (tertiary/aromatic N) is 1. The minimum absolute atomic E-state index is 0.207. The van der Waals surface area contributed by atoms with Gasteiger partial charge >= 0.3 is 12.0 Å². The molecule has 2 rings (SSSR count). The van der Waals surface area contributed by atoms with Crippen LogP contribution in [0.5, 0.6) is 0 Å². The molecule has 5 nitrogen and oxygen atoms in total. The molecule has 0 heterocycles. The van der Waals surface area contributed by atoms with Gasteiger partial charge in [0.05, 0.1) is 0 Å². The molecule has 2 fully saturated rings. The summed E-state index contributed by atoms with van der Waals surface area (Å²) in [4.78, 5) is 25.9. The summed E-state index contributed by atoms with van der Waals surface area (Å²) in [6.45, 7) is 5.49. The van der Waals surface area contributed by atoms with Crippen LogP contribution in [0.1, 0.15) is 58.8 Å². The summed E-state index contributed by atoms with van der Waals surface area (Å²) in [5, 5.41) is 12.4. The summed E-state index contributed by atoms with van der Waals surface area (Å²) < 4.78 is 0. The van der Waals surface area contributed by atoms with Gasteiger partial charge in [-0.1, -0.05) is 13.3 Å². The fourth-order valence-electron chi connectivity index (χ4n) is 3.27. The number of rotatable bonds is 5. The van der Waals surface area contributed by atoms with Crippen molar-refractivity contribution in [2.24, 2.45) is 11.8 Å². The normalized spacial score (nSPS) is 29.5. The second-order valence-electron chi connectivity index (χ2n) is 6.84. The molecule has 0 aromatic rings. The topological polar surface area (TPSA) is 69.6 Å². The minimum Gasteiger partial charge on any atom is -0.480 e. The first-order valence-corrected chi connectivity index (χ1v) is 8.27. The molecule has 2 aliphatic rings. The predicted molar refractivity (Wildman–Crippen MR) is 81.1 cm³/mol. The van der Waals surface area contributed by atoms with Gasteiger partial charge in [0.25, 0.3) is 0 Å². The molecule has 0 unspecified atom stereocenters. The molecule has 0 bridgehead atoms. The largest absolute Gasteiger partial charge is 0.480 e. The molecule has 0 spiro atoms. The monoisotopic (exact) mass is 296 g/mol. The van der Waals surface area contributed by atoms with Gasteiger partial charge in [0, 0.05) is 13.1 Å². The summed E-state index contributed by atoms with van der Waals surface area (Å²) in [5.74, 6) is 0.261. The number of urea groups is 1. The highest BCUT2D eigenvalue weighted by molar-refractivity contribution is 5.86. The molecular weight excluding hydrogens is 268 g/mol. The number of aliphatic carboxylic acids is 1. The zero-order valence-electron chi connectivity index (χ0n) is 13.2. The third-order valence-electron chi connectivity index (χ3n) is 5.26. The van der Waals surface area contributed by atoms with Gasteiger partial charge in [-0.2, -0.15) is 0 Å². The van der Waals surface area contributed by atoms with E-state index in [-0.39, 0.29) is 6.03 Å². The number of amides is 2. The zero-order chi connectivity index (χ0) is 15.5. The molecule has 2 N–H and O–H groups in total. The number of hydrogen-bond acceptors (Lipinski definition) is 2. The molecule has 120 valence electrons. The van der Waals surface area contributed by atoms with Crippen LogP contribution in [-0.4, -0.2) is 40.6 Å². The van der Waals surface area contributed by atoms with Crippen LogP contribution >= 0.6 is 0 Å². The molecule has 2 aliphatic carbocycles. The van der Waals surface area contributed by atoms with Crippen molar-refractivity contribution in [2.45, 2.75) is 64.3 Å². The second kappa shape index (κ2) is 6.67. The number of carbonyl (C=O) groups excluding carboxylic acids is 1. The summed E-state index contributed by atoms with van der Waals surface area (Å²) in [5.41, 5.74) is -1.06. The Balaban J connectivity index is 1.98. The lowest BCUT2D eigenvalue weighted by atomic mass is 9.77. The minimum atomic E-state index is -1.06. The average molecular weight is 296 g/mol. The molecule has 0 radical (unpaired) electrons. The molecule has 2 amide bonds. The number of nitrogens with one attached hydrogen (secondary N) is 1. The Labute approximate surface area is 127 Å².